The van der Waals surface area contributed by atoms with Gasteiger partial charge in [0.25, 0.3) is 0 Å². The van der Waals surface area contributed by atoms with Crippen LogP contribution in [0.4, 0.5) is 5.82 Å². The van der Waals surface area contributed by atoms with Gasteiger partial charge in [0.2, 0.25) is 0 Å². The minimum Gasteiger partial charge on any atom is -0.393 e. The summed E-state index contributed by atoms with van der Waals surface area (Å²) in [7, 11) is 0. The summed E-state index contributed by atoms with van der Waals surface area (Å²) < 4.78 is 0. The Balaban J connectivity index is 1.78. The van der Waals surface area contributed by atoms with Crippen LogP contribution < -0.4 is 5.32 Å². The highest BCUT2D eigenvalue weighted by molar-refractivity contribution is 5.35. The van der Waals surface area contributed by atoms with E-state index < -0.39 is 0 Å². The van der Waals surface area contributed by atoms with Crippen molar-refractivity contribution in [2.75, 3.05) is 11.9 Å². The monoisotopic (exact) mass is 206 g/mol. The number of anilines is 1. The highest BCUT2D eigenvalue weighted by Gasteiger charge is 2.26. The molecule has 1 saturated carbocycles. The summed E-state index contributed by atoms with van der Waals surface area (Å²) in [5.41, 5.74) is 1.26. The Bertz CT molecular complexity index is 304. The van der Waals surface area contributed by atoms with E-state index in [9.17, 15) is 0 Å². The molecule has 0 unspecified atom stereocenters. The Morgan fingerprint density at radius 3 is 2.80 bits per heavy atom. The fourth-order valence-corrected chi connectivity index (χ4v) is 1.85. The lowest BCUT2D eigenvalue weighted by Gasteiger charge is -2.31. The molecule has 1 aromatic heterocycles. The SMILES string of the molecule is CCc1ccc(NCC2CC(O)C2)nc1. The quantitative estimate of drug-likeness (QED) is 0.790. The maximum atomic E-state index is 9.14. The van der Waals surface area contributed by atoms with Gasteiger partial charge in [0.05, 0.1) is 6.10 Å². The van der Waals surface area contributed by atoms with Crippen molar-refractivity contribution in [2.45, 2.75) is 32.3 Å². The summed E-state index contributed by atoms with van der Waals surface area (Å²) in [6.45, 7) is 3.05. The van der Waals surface area contributed by atoms with Crippen molar-refractivity contribution in [1.82, 2.24) is 4.98 Å². The lowest BCUT2D eigenvalue weighted by atomic mass is 9.82. The first-order chi connectivity index (χ1) is 7.28. The van der Waals surface area contributed by atoms with Gasteiger partial charge < -0.3 is 10.4 Å². The van der Waals surface area contributed by atoms with E-state index in [2.05, 4.69) is 23.3 Å². The topological polar surface area (TPSA) is 45.1 Å². The van der Waals surface area contributed by atoms with E-state index in [0.717, 1.165) is 31.6 Å². The zero-order valence-electron chi connectivity index (χ0n) is 9.11. The zero-order chi connectivity index (χ0) is 10.7. The number of aryl methyl sites for hydroxylation is 1. The van der Waals surface area contributed by atoms with Gasteiger partial charge in [0, 0.05) is 12.7 Å². The summed E-state index contributed by atoms with van der Waals surface area (Å²) in [5.74, 6) is 1.56. The van der Waals surface area contributed by atoms with Crippen molar-refractivity contribution in [3.8, 4) is 0 Å². The number of rotatable bonds is 4. The van der Waals surface area contributed by atoms with Gasteiger partial charge in [-0.2, -0.15) is 0 Å². The van der Waals surface area contributed by atoms with Gasteiger partial charge >= 0.3 is 0 Å². The van der Waals surface area contributed by atoms with E-state index in [1.165, 1.54) is 5.56 Å². The van der Waals surface area contributed by atoms with Gasteiger partial charge in [-0.3, -0.25) is 0 Å². The molecule has 82 valence electrons. The molecule has 15 heavy (non-hydrogen) atoms. The summed E-state index contributed by atoms with van der Waals surface area (Å²) in [6.07, 6.45) is 4.74. The first-order valence-electron chi connectivity index (χ1n) is 5.64. The van der Waals surface area contributed by atoms with Gasteiger partial charge in [-0.1, -0.05) is 13.0 Å². The minimum absolute atomic E-state index is 0.0628. The number of hydrogen-bond acceptors (Lipinski definition) is 3. The molecular formula is C12H18N2O. The van der Waals surface area contributed by atoms with Crippen LogP contribution >= 0.6 is 0 Å². The van der Waals surface area contributed by atoms with E-state index in [0.29, 0.717) is 5.92 Å². The summed E-state index contributed by atoms with van der Waals surface area (Å²) in [6, 6.07) is 4.12. The molecule has 0 radical (unpaired) electrons. The maximum absolute atomic E-state index is 9.14. The van der Waals surface area contributed by atoms with E-state index in [1.54, 1.807) is 0 Å². The molecule has 0 amide bonds. The Kier molecular flexibility index (Phi) is 3.21. The summed E-state index contributed by atoms with van der Waals surface area (Å²) >= 11 is 0. The van der Waals surface area contributed by atoms with E-state index in [4.69, 9.17) is 5.11 Å². The van der Waals surface area contributed by atoms with Crippen LogP contribution in [0.3, 0.4) is 0 Å². The number of hydrogen-bond donors (Lipinski definition) is 2. The van der Waals surface area contributed by atoms with Crippen LogP contribution in [-0.4, -0.2) is 22.7 Å². The Labute approximate surface area is 90.5 Å². The van der Waals surface area contributed by atoms with E-state index in [1.807, 2.05) is 12.3 Å². The fraction of sp³-hybridized carbons (Fsp3) is 0.583. The van der Waals surface area contributed by atoms with Gasteiger partial charge in [0.15, 0.2) is 0 Å². The minimum atomic E-state index is -0.0628. The molecule has 0 atom stereocenters. The number of pyridine rings is 1. The number of aromatic nitrogens is 1. The molecule has 1 heterocycles. The van der Waals surface area contributed by atoms with Crippen LogP contribution in [0.5, 0.6) is 0 Å². The van der Waals surface area contributed by atoms with Crippen molar-refractivity contribution in [3.05, 3.63) is 23.9 Å². The molecule has 1 aliphatic rings. The van der Waals surface area contributed by atoms with Crippen molar-refractivity contribution < 1.29 is 5.11 Å². The van der Waals surface area contributed by atoms with Gasteiger partial charge in [-0.15, -0.1) is 0 Å². The molecule has 2 rings (SSSR count). The molecule has 0 saturated heterocycles. The van der Waals surface area contributed by atoms with Crippen LogP contribution in [0.25, 0.3) is 0 Å². The normalized spacial score (nSPS) is 24.7. The third-order valence-corrected chi connectivity index (χ3v) is 3.02. The van der Waals surface area contributed by atoms with Crippen molar-refractivity contribution in [3.63, 3.8) is 0 Å². The molecule has 0 spiro atoms. The third-order valence-electron chi connectivity index (χ3n) is 3.02. The van der Waals surface area contributed by atoms with Crippen molar-refractivity contribution >= 4 is 5.82 Å². The van der Waals surface area contributed by atoms with Crippen molar-refractivity contribution in [1.29, 1.82) is 0 Å². The largest absolute Gasteiger partial charge is 0.393 e. The Hall–Kier alpha value is -1.09. The smallest absolute Gasteiger partial charge is 0.125 e. The van der Waals surface area contributed by atoms with Gasteiger partial charge in [0.1, 0.15) is 5.82 Å². The Morgan fingerprint density at radius 2 is 2.27 bits per heavy atom. The Morgan fingerprint density at radius 1 is 1.47 bits per heavy atom. The molecule has 1 aromatic rings. The second-order valence-corrected chi connectivity index (χ2v) is 4.28. The first-order valence-corrected chi connectivity index (χ1v) is 5.64. The number of aliphatic hydroxyl groups is 1. The second kappa shape index (κ2) is 4.62. The van der Waals surface area contributed by atoms with E-state index >= 15 is 0 Å². The number of nitrogens with zero attached hydrogens (tertiary/aromatic N) is 1. The molecule has 3 heteroatoms. The molecule has 1 aliphatic carbocycles. The molecule has 3 nitrogen and oxygen atoms in total. The average Bonchev–Trinajstić information content (AvgIpc) is 2.23. The lowest BCUT2D eigenvalue weighted by Crippen LogP contribution is -2.33. The molecule has 0 aromatic carbocycles. The van der Waals surface area contributed by atoms with E-state index in [-0.39, 0.29) is 6.10 Å². The van der Waals surface area contributed by atoms with Gasteiger partial charge in [-0.05, 0) is 36.8 Å². The predicted molar refractivity (Wildman–Crippen MR) is 60.8 cm³/mol. The van der Waals surface area contributed by atoms with Crippen LogP contribution in [-0.2, 0) is 6.42 Å². The lowest BCUT2D eigenvalue weighted by molar-refractivity contribution is 0.0486. The highest BCUT2D eigenvalue weighted by Crippen LogP contribution is 2.26. The molecule has 2 N–H and O–H groups in total. The van der Waals surface area contributed by atoms with Gasteiger partial charge in [-0.25, -0.2) is 4.98 Å². The van der Waals surface area contributed by atoms with Crippen LogP contribution in [0.15, 0.2) is 18.3 Å². The highest BCUT2D eigenvalue weighted by atomic mass is 16.3. The molecule has 0 aliphatic heterocycles. The third kappa shape index (κ3) is 2.69. The maximum Gasteiger partial charge on any atom is 0.125 e. The van der Waals surface area contributed by atoms with Crippen LogP contribution in [0.2, 0.25) is 0 Å². The van der Waals surface area contributed by atoms with Crippen LogP contribution in [0.1, 0.15) is 25.3 Å². The first kappa shape index (κ1) is 10.4. The second-order valence-electron chi connectivity index (χ2n) is 4.28. The van der Waals surface area contributed by atoms with Crippen molar-refractivity contribution in [2.24, 2.45) is 5.92 Å². The zero-order valence-corrected chi connectivity index (χ0v) is 9.11. The molecule has 0 bridgehead atoms. The summed E-state index contributed by atoms with van der Waals surface area (Å²) in [4.78, 5) is 4.33. The number of aliphatic hydroxyl groups excluding tert-OH is 1. The number of nitrogens with one attached hydrogen (secondary N) is 1. The average molecular weight is 206 g/mol. The molecule has 1 fully saturated rings. The standard InChI is InChI=1S/C12H18N2O/c1-2-9-3-4-12(13-7-9)14-8-10-5-11(15)6-10/h3-4,7,10-11,15H,2,5-6,8H2,1H3,(H,13,14). The molecular weight excluding hydrogens is 188 g/mol. The summed E-state index contributed by atoms with van der Waals surface area (Å²) in [5, 5.41) is 12.4. The van der Waals surface area contributed by atoms with Crippen LogP contribution in [0, 0.1) is 5.92 Å². The fourth-order valence-electron chi connectivity index (χ4n) is 1.85. The predicted octanol–water partition coefficient (Wildman–Crippen LogP) is 1.83.